The van der Waals surface area contributed by atoms with E-state index in [1.54, 1.807) is 10.9 Å². The summed E-state index contributed by atoms with van der Waals surface area (Å²) in [7, 11) is 1.86. The highest BCUT2D eigenvalue weighted by Crippen LogP contribution is 2.11. The van der Waals surface area contributed by atoms with Gasteiger partial charge in [0.15, 0.2) is 5.65 Å². The quantitative estimate of drug-likeness (QED) is 0.806. The highest BCUT2D eigenvalue weighted by molar-refractivity contribution is 7.71. The molecule has 0 saturated heterocycles. The number of nitrogens with zero attached hydrogens (tertiary/aromatic N) is 3. The average molecular weight is 238 g/mol. The fourth-order valence-electron chi connectivity index (χ4n) is 1.73. The first kappa shape index (κ1) is 11.1. The van der Waals surface area contributed by atoms with E-state index in [1.807, 2.05) is 11.6 Å². The van der Waals surface area contributed by atoms with E-state index >= 15 is 0 Å². The summed E-state index contributed by atoms with van der Waals surface area (Å²) in [6, 6.07) is 0. The molecule has 0 aliphatic carbocycles. The number of nitrogens with one attached hydrogen (secondary N) is 1. The van der Waals surface area contributed by atoms with Crippen molar-refractivity contribution < 1.29 is 0 Å². The summed E-state index contributed by atoms with van der Waals surface area (Å²) in [5, 5.41) is 0. The van der Waals surface area contributed by atoms with Gasteiger partial charge in [0.25, 0.3) is 0 Å². The van der Waals surface area contributed by atoms with Crippen molar-refractivity contribution in [3.05, 3.63) is 21.5 Å². The van der Waals surface area contributed by atoms with Crippen LogP contribution < -0.4 is 5.69 Å². The fourth-order valence-corrected chi connectivity index (χ4v) is 2.05. The van der Waals surface area contributed by atoms with Gasteiger partial charge in [-0.3, -0.25) is 9.55 Å². The second kappa shape index (κ2) is 3.86. The number of aromatic amines is 1. The Morgan fingerprint density at radius 1 is 1.56 bits per heavy atom. The molecule has 0 aliphatic heterocycles. The molecule has 0 spiro atoms. The molecule has 0 fully saturated rings. The van der Waals surface area contributed by atoms with Crippen LogP contribution in [0.25, 0.3) is 11.2 Å². The summed E-state index contributed by atoms with van der Waals surface area (Å²) in [6.45, 7) is 4.75. The highest BCUT2D eigenvalue weighted by atomic mass is 32.1. The van der Waals surface area contributed by atoms with Crippen LogP contribution >= 0.6 is 12.2 Å². The standard InChI is InChI=1S/C10H14N4OS/c1-6(2)4-14-8-7(13(3)5-11-8)9(16)12-10(14)15/h5-6H,4H2,1-3H3,(H,12,15,16). The molecule has 2 rings (SSSR count). The van der Waals surface area contributed by atoms with Gasteiger partial charge < -0.3 is 4.57 Å². The zero-order valence-corrected chi connectivity index (χ0v) is 10.3. The number of rotatable bonds is 2. The maximum absolute atomic E-state index is 11.8. The van der Waals surface area contributed by atoms with Gasteiger partial charge in [0.05, 0.1) is 6.33 Å². The van der Waals surface area contributed by atoms with Crippen molar-refractivity contribution in [3.8, 4) is 0 Å². The lowest BCUT2D eigenvalue weighted by atomic mass is 10.2. The molecule has 2 heterocycles. The maximum atomic E-state index is 11.8. The summed E-state index contributed by atoms with van der Waals surface area (Å²) in [5.74, 6) is 0.382. The van der Waals surface area contributed by atoms with Gasteiger partial charge in [-0.05, 0) is 5.92 Å². The molecule has 0 unspecified atom stereocenters. The van der Waals surface area contributed by atoms with Gasteiger partial charge in [0, 0.05) is 13.6 Å². The molecule has 1 N–H and O–H groups in total. The molecule has 0 aliphatic rings. The number of hydrogen-bond acceptors (Lipinski definition) is 3. The summed E-state index contributed by atoms with van der Waals surface area (Å²) in [6.07, 6.45) is 1.67. The largest absolute Gasteiger partial charge is 0.330 e. The Kier molecular flexibility index (Phi) is 2.67. The lowest BCUT2D eigenvalue weighted by Crippen LogP contribution is -2.25. The monoisotopic (exact) mass is 238 g/mol. The third kappa shape index (κ3) is 1.69. The van der Waals surface area contributed by atoms with Crippen LogP contribution in [-0.4, -0.2) is 19.1 Å². The first-order valence-corrected chi connectivity index (χ1v) is 5.55. The van der Waals surface area contributed by atoms with Gasteiger partial charge in [-0.1, -0.05) is 26.1 Å². The first-order chi connectivity index (χ1) is 7.50. The van der Waals surface area contributed by atoms with Crippen LogP contribution in [0.5, 0.6) is 0 Å². The van der Waals surface area contributed by atoms with Crippen LogP contribution in [-0.2, 0) is 13.6 Å². The molecular formula is C10H14N4OS. The molecule has 5 nitrogen and oxygen atoms in total. The number of aromatic nitrogens is 4. The van der Waals surface area contributed by atoms with E-state index in [9.17, 15) is 4.79 Å². The summed E-state index contributed by atoms with van der Waals surface area (Å²) < 4.78 is 3.90. The summed E-state index contributed by atoms with van der Waals surface area (Å²) in [4.78, 5) is 18.7. The van der Waals surface area contributed by atoms with Crippen LogP contribution in [0.1, 0.15) is 13.8 Å². The molecule has 6 heteroatoms. The van der Waals surface area contributed by atoms with Crippen molar-refractivity contribution in [2.45, 2.75) is 20.4 Å². The third-order valence-electron chi connectivity index (χ3n) is 2.40. The number of imidazole rings is 1. The van der Waals surface area contributed by atoms with Crippen LogP contribution in [0, 0.1) is 10.6 Å². The van der Waals surface area contributed by atoms with E-state index in [1.165, 1.54) is 0 Å². The Morgan fingerprint density at radius 2 is 2.25 bits per heavy atom. The third-order valence-corrected chi connectivity index (χ3v) is 2.70. The van der Waals surface area contributed by atoms with Crippen molar-refractivity contribution in [1.82, 2.24) is 19.1 Å². The van der Waals surface area contributed by atoms with Crippen LogP contribution in [0.2, 0.25) is 0 Å². The maximum Gasteiger partial charge on any atom is 0.328 e. The lowest BCUT2D eigenvalue weighted by Gasteiger charge is -2.09. The number of aryl methyl sites for hydroxylation is 1. The van der Waals surface area contributed by atoms with E-state index in [0.717, 1.165) is 5.52 Å². The van der Waals surface area contributed by atoms with E-state index in [0.29, 0.717) is 22.8 Å². The molecule has 0 bridgehead atoms. The van der Waals surface area contributed by atoms with Crippen molar-refractivity contribution in [2.24, 2.45) is 13.0 Å². The number of hydrogen-bond donors (Lipinski definition) is 1. The van der Waals surface area contributed by atoms with E-state index in [2.05, 4.69) is 23.8 Å². The van der Waals surface area contributed by atoms with E-state index in [4.69, 9.17) is 12.2 Å². The van der Waals surface area contributed by atoms with Gasteiger partial charge in [0.1, 0.15) is 10.2 Å². The Labute approximate surface area is 97.7 Å². The molecule has 0 radical (unpaired) electrons. The summed E-state index contributed by atoms with van der Waals surface area (Å²) >= 11 is 5.13. The Balaban J connectivity index is 2.83. The minimum absolute atomic E-state index is 0.190. The highest BCUT2D eigenvalue weighted by Gasteiger charge is 2.10. The Hall–Kier alpha value is -1.43. The van der Waals surface area contributed by atoms with Gasteiger partial charge in [0.2, 0.25) is 0 Å². The SMILES string of the molecule is CC(C)Cn1c(=O)[nH]c(=S)c2c1ncn2C. The van der Waals surface area contributed by atoms with Crippen molar-refractivity contribution in [2.75, 3.05) is 0 Å². The van der Waals surface area contributed by atoms with Gasteiger partial charge in [-0.2, -0.15) is 0 Å². The second-order valence-corrected chi connectivity index (χ2v) is 4.70. The molecular weight excluding hydrogens is 224 g/mol. The van der Waals surface area contributed by atoms with Crippen LogP contribution in [0.15, 0.2) is 11.1 Å². The van der Waals surface area contributed by atoms with Gasteiger partial charge in [-0.15, -0.1) is 0 Å². The first-order valence-electron chi connectivity index (χ1n) is 5.15. The predicted octanol–water partition coefficient (Wildman–Crippen LogP) is 1.45. The second-order valence-electron chi connectivity index (χ2n) is 4.29. The van der Waals surface area contributed by atoms with Gasteiger partial charge >= 0.3 is 5.69 Å². The molecule has 0 amide bonds. The van der Waals surface area contributed by atoms with Crippen LogP contribution in [0.3, 0.4) is 0 Å². The molecule has 0 saturated carbocycles. The zero-order valence-electron chi connectivity index (χ0n) is 9.52. The predicted molar refractivity (Wildman–Crippen MR) is 65.0 cm³/mol. The molecule has 0 aromatic carbocycles. The van der Waals surface area contributed by atoms with Crippen LogP contribution in [0.4, 0.5) is 0 Å². The van der Waals surface area contributed by atoms with E-state index < -0.39 is 0 Å². The topological polar surface area (TPSA) is 55.6 Å². The van der Waals surface area contributed by atoms with Crippen molar-refractivity contribution in [1.29, 1.82) is 0 Å². The average Bonchev–Trinajstić information content (AvgIpc) is 2.55. The van der Waals surface area contributed by atoms with E-state index in [-0.39, 0.29) is 5.69 Å². The Bertz CT molecular complexity index is 634. The molecule has 86 valence electrons. The summed E-state index contributed by atoms with van der Waals surface area (Å²) in [5.41, 5.74) is 1.27. The van der Waals surface area contributed by atoms with Gasteiger partial charge in [-0.25, -0.2) is 9.78 Å². The minimum Gasteiger partial charge on any atom is -0.330 e. The zero-order chi connectivity index (χ0) is 11.9. The minimum atomic E-state index is -0.190. The smallest absolute Gasteiger partial charge is 0.328 e. The lowest BCUT2D eigenvalue weighted by molar-refractivity contribution is 0.514. The normalized spacial score (nSPS) is 11.5. The molecule has 0 atom stereocenters. The molecule has 16 heavy (non-hydrogen) atoms. The molecule has 2 aromatic heterocycles. The number of H-pyrrole nitrogens is 1. The Morgan fingerprint density at radius 3 is 2.88 bits per heavy atom. The molecule has 2 aromatic rings. The van der Waals surface area contributed by atoms with Crippen molar-refractivity contribution >= 4 is 23.4 Å². The number of fused-ring (bicyclic) bond motifs is 1. The fraction of sp³-hybridized carbons (Fsp3) is 0.500. The van der Waals surface area contributed by atoms with Crippen molar-refractivity contribution in [3.63, 3.8) is 0 Å².